The van der Waals surface area contributed by atoms with E-state index < -0.39 is 0 Å². The quantitative estimate of drug-likeness (QED) is 0.877. The van der Waals surface area contributed by atoms with Crippen LogP contribution in [0, 0.1) is 13.8 Å². The van der Waals surface area contributed by atoms with Crippen molar-refractivity contribution in [2.45, 2.75) is 26.9 Å². The van der Waals surface area contributed by atoms with Crippen LogP contribution in [0.1, 0.15) is 22.6 Å². The van der Waals surface area contributed by atoms with Gasteiger partial charge in [-0.2, -0.15) is 0 Å². The van der Waals surface area contributed by atoms with Crippen LogP contribution in [-0.2, 0) is 13.1 Å². The second kappa shape index (κ2) is 6.50. The zero-order chi connectivity index (χ0) is 15.5. The molecule has 0 atom stereocenters. The lowest BCUT2D eigenvalue weighted by Crippen LogP contribution is -2.45. The molecule has 1 aromatic carbocycles. The molecule has 1 aliphatic heterocycles. The number of hydrogen-bond donors (Lipinski definition) is 1. The number of hydrogen-bond acceptors (Lipinski definition) is 5. The first-order chi connectivity index (χ1) is 10.6. The zero-order valence-corrected chi connectivity index (χ0v) is 13.4. The Bertz CT molecular complexity index is 593. The highest BCUT2D eigenvalue weighted by Gasteiger charge is 2.19. The number of nitrogens with zero attached hydrogens (tertiary/aromatic N) is 3. The van der Waals surface area contributed by atoms with Gasteiger partial charge in [0.25, 0.3) is 0 Å². The largest absolute Gasteiger partial charge is 0.399 e. The van der Waals surface area contributed by atoms with Crippen LogP contribution in [0.15, 0.2) is 28.8 Å². The molecule has 0 saturated carbocycles. The Hall–Kier alpha value is -1.85. The predicted octanol–water partition coefficient (Wildman–Crippen LogP) is 2.19. The summed E-state index contributed by atoms with van der Waals surface area (Å²) in [4.78, 5) is 4.97. The summed E-state index contributed by atoms with van der Waals surface area (Å²) in [5, 5.41) is 4.04. The molecule has 3 rings (SSSR count). The first-order valence-corrected chi connectivity index (χ1v) is 7.82. The molecule has 0 aliphatic carbocycles. The molecule has 1 fully saturated rings. The molecule has 0 radical (unpaired) electrons. The molecule has 2 aromatic rings. The third-order valence-electron chi connectivity index (χ3n) is 4.41. The highest BCUT2D eigenvalue weighted by Crippen LogP contribution is 2.17. The van der Waals surface area contributed by atoms with E-state index in [-0.39, 0.29) is 0 Å². The van der Waals surface area contributed by atoms with Crippen molar-refractivity contribution in [2.24, 2.45) is 0 Å². The maximum atomic E-state index is 5.73. The molecule has 5 heteroatoms. The van der Waals surface area contributed by atoms with Gasteiger partial charge in [-0.3, -0.25) is 9.80 Å². The van der Waals surface area contributed by atoms with E-state index in [2.05, 4.69) is 27.1 Å². The average molecular weight is 300 g/mol. The van der Waals surface area contributed by atoms with E-state index in [9.17, 15) is 0 Å². The van der Waals surface area contributed by atoms with Gasteiger partial charge in [0, 0.05) is 50.5 Å². The fraction of sp³-hybridized carbons (Fsp3) is 0.471. The number of rotatable bonds is 4. The Balaban J connectivity index is 1.51. The molecular formula is C17H24N4O. The number of piperazine rings is 1. The van der Waals surface area contributed by atoms with Crippen molar-refractivity contribution in [2.75, 3.05) is 31.9 Å². The minimum atomic E-state index is 0.827. The van der Waals surface area contributed by atoms with Crippen LogP contribution in [0.3, 0.4) is 0 Å². The molecule has 2 N–H and O–H groups in total. The molecule has 0 bridgehead atoms. The highest BCUT2D eigenvalue weighted by atomic mass is 16.5. The summed E-state index contributed by atoms with van der Waals surface area (Å²) in [5.74, 6) is 0.946. The smallest absolute Gasteiger partial charge is 0.138 e. The average Bonchev–Trinajstić information content (AvgIpc) is 2.83. The molecule has 0 spiro atoms. The van der Waals surface area contributed by atoms with Crippen molar-refractivity contribution in [1.82, 2.24) is 15.0 Å². The van der Waals surface area contributed by atoms with Crippen LogP contribution in [0.2, 0.25) is 0 Å². The van der Waals surface area contributed by atoms with E-state index in [4.69, 9.17) is 10.3 Å². The Labute approximate surface area is 131 Å². The molecule has 118 valence electrons. The summed E-state index contributed by atoms with van der Waals surface area (Å²) in [6, 6.07) is 8.18. The van der Waals surface area contributed by atoms with Crippen LogP contribution in [-0.4, -0.2) is 41.1 Å². The third-order valence-corrected chi connectivity index (χ3v) is 4.41. The van der Waals surface area contributed by atoms with Gasteiger partial charge in [0.05, 0.1) is 5.69 Å². The maximum Gasteiger partial charge on any atom is 0.138 e. The molecule has 1 aromatic heterocycles. The van der Waals surface area contributed by atoms with Crippen molar-refractivity contribution < 1.29 is 4.52 Å². The summed E-state index contributed by atoms with van der Waals surface area (Å²) in [5.41, 5.74) is 10.1. The Morgan fingerprint density at radius 3 is 2.14 bits per heavy atom. The van der Waals surface area contributed by atoms with Gasteiger partial charge in [-0.25, -0.2) is 0 Å². The number of nitrogen functional groups attached to an aromatic ring is 1. The normalized spacial score (nSPS) is 17.0. The van der Waals surface area contributed by atoms with Gasteiger partial charge in [0.1, 0.15) is 5.76 Å². The SMILES string of the molecule is Cc1noc(C)c1CN1CCN(Cc2ccc(N)cc2)CC1. The Morgan fingerprint density at radius 2 is 1.59 bits per heavy atom. The van der Waals surface area contributed by atoms with E-state index >= 15 is 0 Å². The lowest BCUT2D eigenvalue weighted by molar-refractivity contribution is 0.121. The van der Waals surface area contributed by atoms with Crippen molar-refractivity contribution in [3.8, 4) is 0 Å². The van der Waals surface area contributed by atoms with Crippen molar-refractivity contribution >= 4 is 5.69 Å². The Morgan fingerprint density at radius 1 is 1.00 bits per heavy atom. The van der Waals surface area contributed by atoms with Gasteiger partial charge < -0.3 is 10.3 Å². The van der Waals surface area contributed by atoms with Crippen LogP contribution < -0.4 is 5.73 Å². The first-order valence-electron chi connectivity index (χ1n) is 7.82. The minimum Gasteiger partial charge on any atom is -0.399 e. The van der Waals surface area contributed by atoms with Crippen LogP contribution in [0.5, 0.6) is 0 Å². The molecule has 1 aliphatic rings. The van der Waals surface area contributed by atoms with E-state index in [0.717, 1.165) is 56.4 Å². The van der Waals surface area contributed by atoms with E-state index in [1.54, 1.807) is 0 Å². The molecule has 1 saturated heterocycles. The minimum absolute atomic E-state index is 0.827. The molecular weight excluding hydrogens is 276 g/mol. The van der Waals surface area contributed by atoms with E-state index in [1.807, 2.05) is 26.0 Å². The summed E-state index contributed by atoms with van der Waals surface area (Å²) in [7, 11) is 0. The number of aromatic nitrogens is 1. The topological polar surface area (TPSA) is 58.5 Å². The van der Waals surface area contributed by atoms with E-state index in [1.165, 1.54) is 11.1 Å². The first kappa shape index (κ1) is 15.1. The molecule has 5 nitrogen and oxygen atoms in total. The maximum absolute atomic E-state index is 5.73. The third kappa shape index (κ3) is 3.48. The van der Waals surface area contributed by atoms with Gasteiger partial charge in [0.2, 0.25) is 0 Å². The molecule has 0 amide bonds. The van der Waals surface area contributed by atoms with Gasteiger partial charge >= 0.3 is 0 Å². The second-order valence-electron chi connectivity index (χ2n) is 6.10. The predicted molar refractivity (Wildman–Crippen MR) is 87.4 cm³/mol. The van der Waals surface area contributed by atoms with Gasteiger partial charge in [-0.05, 0) is 31.5 Å². The Kier molecular flexibility index (Phi) is 4.45. The second-order valence-corrected chi connectivity index (χ2v) is 6.10. The number of anilines is 1. The van der Waals surface area contributed by atoms with Crippen LogP contribution in [0.25, 0.3) is 0 Å². The van der Waals surface area contributed by atoms with Gasteiger partial charge in [-0.1, -0.05) is 17.3 Å². The van der Waals surface area contributed by atoms with Crippen molar-refractivity contribution in [3.63, 3.8) is 0 Å². The van der Waals surface area contributed by atoms with Gasteiger partial charge in [0.15, 0.2) is 0 Å². The molecule has 2 heterocycles. The fourth-order valence-corrected chi connectivity index (χ4v) is 2.94. The summed E-state index contributed by atoms with van der Waals surface area (Å²) in [6.45, 7) is 10.3. The lowest BCUT2D eigenvalue weighted by atomic mass is 10.1. The molecule has 22 heavy (non-hydrogen) atoms. The number of aryl methyl sites for hydroxylation is 2. The summed E-state index contributed by atoms with van der Waals surface area (Å²) < 4.78 is 5.25. The number of nitrogens with two attached hydrogens (primary N) is 1. The van der Waals surface area contributed by atoms with Gasteiger partial charge in [-0.15, -0.1) is 0 Å². The van der Waals surface area contributed by atoms with Crippen molar-refractivity contribution in [3.05, 3.63) is 46.8 Å². The van der Waals surface area contributed by atoms with E-state index in [0.29, 0.717) is 0 Å². The summed E-state index contributed by atoms with van der Waals surface area (Å²) in [6.07, 6.45) is 0. The summed E-state index contributed by atoms with van der Waals surface area (Å²) >= 11 is 0. The fourth-order valence-electron chi connectivity index (χ4n) is 2.94. The van der Waals surface area contributed by atoms with Crippen LogP contribution in [0.4, 0.5) is 5.69 Å². The highest BCUT2D eigenvalue weighted by molar-refractivity contribution is 5.39. The molecule has 0 unspecified atom stereocenters. The number of benzene rings is 1. The lowest BCUT2D eigenvalue weighted by Gasteiger charge is -2.34. The standard InChI is InChI=1S/C17H24N4O/c1-13-17(14(2)22-19-13)12-21-9-7-20(8-10-21)11-15-3-5-16(18)6-4-15/h3-6H,7-12,18H2,1-2H3. The van der Waals surface area contributed by atoms with Crippen molar-refractivity contribution in [1.29, 1.82) is 0 Å². The monoisotopic (exact) mass is 300 g/mol. The zero-order valence-electron chi connectivity index (χ0n) is 13.4. The van der Waals surface area contributed by atoms with Crippen LogP contribution >= 0.6 is 0 Å².